The van der Waals surface area contributed by atoms with E-state index in [9.17, 15) is 4.79 Å². The van der Waals surface area contributed by atoms with E-state index in [0.29, 0.717) is 5.84 Å². The molecule has 1 fully saturated rings. The lowest BCUT2D eigenvalue weighted by molar-refractivity contribution is -0.122. The monoisotopic (exact) mass is 231 g/mol. The second-order valence-electron chi connectivity index (χ2n) is 4.23. The van der Waals surface area contributed by atoms with Gasteiger partial charge in [0.15, 0.2) is 0 Å². The Balaban J connectivity index is 2.05. The molecule has 0 unspecified atom stereocenters. The molecule has 4 nitrogen and oxygen atoms in total. The Hall–Kier alpha value is -1.68. The first kappa shape index (κ1) is 11.8. The van der Waals surface area contributed by atoms with E-state index in [2.05, 4.69) is 10.3 Å². The number of rotatable bonds is 2. The summed E-state index contributed by atoms with van der Waals surface area (Å²) in [6, 6.07) is 9.38. The molecule has 2 rings (SSSR count). The highest BCUT2D eigenvalue weighted by Crippen LogP contribution is 2.13. The van der Waals surface area contributed by atoms with Gasteiger partial charge in [-0.3, -0.25) is 4.79 Å². The highest BCUT2D eigenvalue weighted by molar-refractivity contribution is 6.04. The zero-order valence-electron chi connectivity index (χ0n) is 9.73. The molecule has 1 aliphatic heterocycles. The first-order valence-electron chi connectivity index (χ1n) is 5.91. The number of carbonyl (C=O) groups excluding carboxylic acids is 1. The van der Waals surface area contributed by atoms with Gasteiger partial charge in [-0.25, -0.2) is 0 Å². The fourth-order valence-corrected chi connectivity index (χ4v) is 1.95. The molecule has 0 bridgehead atoms. The number of nitrogens with two attached hydrogens (primary N) is 1. The Morgan fingerprint density at radius 1 is 1.24 bits per heavy atom. The number of aliphatic imine (C=N–C) groups is 1. The predicted octanol–water partition coefficient (Wildman–Crippen LogP) is 0.918. The van der Waals surface area contributed by atoms with Gasteiger partial charge in [0.2, 0.25) is 0 Å². The van der Waals surface area contributed by atoms with Crippen molar-refractivity contribution in [2.45, 2.75) is 12.8 Å². The van der Waals surface area contributed by atoms with Crippen molar-refractivity contribution in [2.75, 3.05) is 13.1 Å². The van der Waals surface area contributed by atoms with Crippen molar-refractivity contribution >= 4 is 11.7 Å². The predicted molar refractivity (Wildman–Crippen MR) is 67.8 cm³/mol. The largest absolute Gasteiger partial charge is 0.383 e. The number of nitrogens with one attached hydrogen (secondary N) is 1. The summed E-state index contributed by atoms with van der Waals surface area (Å²) in [5.74, 6) is 0.250. The maximum atomic E-state index is 11.9. The molecule has 1 heterocycles. The Morgan fingerprint density at radius 2 is 1.88 bits per heavy atom. The van der Waals surface area contributed by atoms with Crippen LogP contribution in [0.1, 0.15) is 18.4 Å². The van der Waals surface area contributed by atoms with Gasteiger partial charge in [0.25, 0.3) is 5.91 Å². The molecule has 1 amide bonds. The topological polar surface area (TPSA) is 67.5 Å². The minimum absolute atomic E-state index is 0.0264. The fraction of sp³-hybridized carbons (Fsp3) is 0.385. The lowest BCUT2D eigenvalue weighted by Crippen LogP contribution is -2.32. The van der Waals surface area contributed by atoms with Gasteiger partial charge in [-0.15, -0.1) is 0 Å². The van der Waals surface area contributed by atoms with Crippen LogP contribution < -0.4 is 11.1 Å². The van der Waals surface area contributed by atoms with Crippen molar-refractivity contribution in [3.8, 4) is 0 Å². The molecule has 0 aromatic heterocycles. The van der Waals surface area contributed by atoms with Crippen LogP contribution in [-0.4, -0.2) is 24.8 Å². The zero-order chi connectivity index (χ0) is 12.1. The molecule has 0 radical (unpaired) electrons. The van der Waals surface area contributed by atoms with Crippen LogP contribution in [0.4, 0.5) is 0 Å². The average molecular weight is 231 g/mol. The Kier molecular flexibility index (Phi) is 3.88. The SMILES string of the molecule is NC(=NC(=O)C1CCNCC1)c1ccccc1. The molecule has 0 saturated carbocycles. The van der Waals surface area contributed by atoms with E-state index >= 15 is 0 Å². The van der Waals surface area contributed by atoms with Gasteiger partial charge in [0, 0.05) is 11.5 Å². The van der Waals surface area contributed by atoms with Gasteiger partial charge in [-0.1, -0.05) is 30.3 Å². The highest BCUT2D eigenvalue weighted by atomic mass is 16.1. The van der Waals surface area contributed by atoms with Crippen molar-refractivity contribution in [1.29, 1.82) is 0 Å². The van der Waals surface area contributed by atoms with E-state index in [1.807, 2.05) is 30.3 Å². The van der Waals surface area contributed by atoms with Crippen molar-refractivity contribution in [2.24, 2.45) is 16.6 Å². The number of amides is 1. The number of nitrogens with zero attached hydrogens (tertiary/aromatic N) is 1. The minimum atomic E-state index is -0.0900. The molecular weight excluding hydrogens is 214 g/mol. The molecule has 1 saturated heterocycles. The maximum Gasteiger partial charge on any atom is 0.250 e. The number of piperidine rings is 1. The van der Waals surface area contributed by atoms with Crippen molar-refractivity contribution in [3.05, 3.63) is 35.9 Å². The third-order valence-electron chi connectivity index (χ3n) is 2.99. The molecule has 0 spiro atoms. The van der Waals surface area contributed by atoms with Crippen LogP contribution in [0.15, 0.2) is 35.3 Å². The normalized spacial score (nSPS) is 18.0. The summed E-state index contributed by atoms with van der Waals surface area (Å²) in [5, 5.41) is 3.22. The molecule has 1 aromatic carbocycles. The van der Waals surface area contributed by atoms with Crippen LogP contribution in [0.25, 0.3) is 0 Å². The van der Waals surface area contributed by atoms with E-state index < -0.39 is 0 Å². The molecule has 90 valence electrons. The van der Waals surface area contributed by atoms with Gasteiger partial charge in [-0.05, 0) is 25.9 Å². The standard InChI is InChI=1S/C13H17N3O/c14-12(10-4-2-1-3-5-10)16-13(17)11-6-8-15-9-7-11/h1-5,11,15H,6-9H2,(H2,14,16,17). The summed E-state index contributed by atoms with van der Waals surface area (Å²) < 4.78 is 0. The third kappa shape index (κ3) is 3.14. The second-order valence-corrected chi connectivity index (χ2v) is 4.23. The maximum absolute atomic E-state index is 11.9. The molecule has 17 heavy (non-hydrogen) atoms. The number of hydrogen-bond donors (Lipinski definition) is 2. The lowest BCUT2D eigenvalue weighted by atomic mass is 9.97. The summed E-state index contributed by atoms with van der Waals surface area (Å²) in [6.07, 6.45) is 1.70. The van der Waals surface area contributed by atoms with Crippen molar-refractivity contribution in [3.63, 3.8) is 0 Å². The average Bonchev–Trinajstić information content (AvgIpc) is 2.40. The summed E-state index contributed by atoms with van der Waals surface area (Å²) in [4.78, 5) is 15.9. The zero-order valence-corrected chi connectivity index (χ0v) is 9.73. The van der Waals surface area contributed by atoms with E-state index in [1.165, 1.54) is 0 Å². The summed E-state index contributed by atoms with van der Waals surface area (Å²) in [5.41, 5.74) is 6.62. The van der Waals surface area contributed by atoms with Crippen molar-refractivity contribution < 1.29 is 4.79 Å². The smallest absolute Gasteiger partial charge is 0.250 e. The Labute approximate surface area is 101 Å². The summed E-state index contributed by atoms with van der Waals surface area (Å²) in [7, 11) is 0. The van der Waals surface area contributed by atoms with Crippen LogP contribution in [0.2, 0.25) is 0 Å². The van der Waals surface area contributed by atoms with Gasteiger partial charge in [0.1, 0.15) is 5.84 Å². The number of carbonyl (C=O) groups is 1. The number of hydrogen-bond acceptors (Lipinski definition) is 2. The van der Waals surface area contributed by atoms with Crippen LogP contribution in [-0.2, 0) is 4.79 Å². The third-order valence-corrected chi connectivity index (χ3v) is 2.99. The molecule has 0 atom stereocenters. The molecular formula is C13H17N3O. The van der Waals surface area contributed by atoms with Gasteiger partial charge in [-0.2, -0.15) is 4.99 Å². The number of benzene rings is 1. The Morgan fingerprint density at radius 3 is 2.53 bits per heavy atom. The van der Waals surface area contributed by atoms with E-state index in [4.69, 9.17) is 5.73 Å². The first-order valence-corrected chi connectivity index (χ1v) is 5.91. The minimum Gasteiger partial charge on any atom is -0.383 e. The molecule has 1 aliphatic rings. The van der Waals surface area contributed by atoms with Crippen LogP contribution in [0.5, 0.6) is 0 Å². The fourth-order valence-electron chi connectivity index (χ4n) is 1.95. The lowest BCUT2D eigenvalue weighted by Gasteiger charge is -2.19. The molecule has 3 N–H and O–H groups in total. The molecule has 1 aromatic rings. The first-order chi connectivity index (χ1) is 8.27. The van der Waals surface area contributed by atoms with Gasteiger partial charge in [0.05, 0.1) is 0 Å². The highest BCUT2D eigenvalue weighted by Gasteiger charge is 2.20. The van der Waals surface area contributed by atoms with Gasteiger partial charge < -0.3 is 11.1 Å². The van der Waals surface area contributed by atoms with Crippen molar-refractivity contribution in [1.82, 2.24) is 5.32 Å². The summed E-state index contributed by atoms with van der Waals surface area (Å²) in [6.45, 7) is 1.77. The molecule has 4 heteroatoms. The van der Waals surface area contributed by atoms with E-state index in [1.54, 1.807) is 0 Å². The second kappa shape index (κ2) is 5.59. The Bertz CT molecular complexity index is 408. The van der Waals surface area contributed by atoms with E-state index in [0.717, 1.165) is 31.5 Å². The van der Waals surface area contributed by atoms with Gasteiger partial charge >= 0.3 is 0 Å². The quantitative estimate of drug-likeness (QED) is 0.587. The number of amidine groups is 1. The van der Waals surface area contributed by atoms with Crippen LogP contribution in [0, 0.1) is 5.92 Å². The van der Waals surface area contributed by atoms with Crippen LogP contribution in [0.3, 0.4) is 0 Å². The summed E-state index contributed by atoms with van der Waals surface area (Å²) >= 11 is 0. The van der Waals surface area contributed by atoms with E-state index in [-0.39, 0.29) is 11.8 Å². The van der Waals surface area contributed by atoms with Crippen LogP contribution >= 0.6 is 0 Å². The molecule has 0 aliphatic carbocycles.